The zero-order valence-electron chi connectivity index (χ0n) is 9.81. The number of pyridine rings is 1. The third-order valence-corrected chi connectivity index (χ3v) is 4.24. The Balaban J connectivity index is 2.04. The Labute approximate surface area is 102 Å². The molecule has 0 spiro atoms. The molecule has 5 nitrogen and oxygen atoms in total. The molecular formula is C11H17N3O2S. The number of hydrogen-bond acceptors (Lipinski definition) is 4. The molecule has 1 aliphatic heterocycles. The maximum Gasteiger partial charge on any atom is 0.234 e. The van der Waals surface area contributed by atoms with Crippen LogP contribution in [0.3, 0.4) is 0 Å². The third kappa shape index (κ3) is 3.41. The second-order valence-electron chi connectivity index (χ2n) is 4.37. The lowest BCUT2D eigenvalue weighted by atomic mass is 10.3. The fourth-order valence-corrected chi connectivity index (χ4v) is 3.42. The van der Waals surface area contributed by atoms with E-state index in [0.29, 0.717) is 5.69 Å². The summed E-state index contributed by atoms with van der Waals surface area (Å²) in [6, 6.07) is 1.75. The van der Waals surface area contributed by atoms with Gasteiger partial charge in [0.25, 0.3) is 0 Å². The van der Waals surface area contributed by atoms with E-state index in [2.05, 4.69) is 15.0 Å². The summed E-state index contributed by atoms with van der Waals surface area (Å²) in [7, 11) is -3.28. The van der Waals surface area contributed by atoms with Gasteiger partial charge in [-0.15, -0.1) is 0 Å². The van der Waals surface area contributed by atoms with E-state index in [-0.39, 0.29) is 11.8 Å². The molecule has 94 valence electrons. The fourth-order valence-electron chi connectivity index (χ4n) is 1.96. The average Bonchev–Trinajstić information content (AvgIpc) is 2.73. The van der Waals surface area contributed by atoms with E-state index < -0.39 is 10.0 Å². The number of nitrogens with one attached hydrogen (secondary N) is 2. The van der Waals surface area contributed by atoms with Gasteiger partial charge in [-0.2, -0.15) is 0 Å². The van der Waals surface area contributed by atoms with E-state index in [0.717, 1.165) is 24.9 Å². The Bertz CT molecular complexity index is 481. The van der Waals surface area contributed by atoms with Crippen molar-refractivity contribution in [3.05, 3.63) is 24.0 Å². The van der Waals surface area contributed by atoms with Crippen LogP contribution in [0.2, 0.25) is 0 Å². The number of hydrogen-bond donors (Lipinski definition) is 2. The molecule has 0 radical (unpaired) electrons. The SMILES string of the molecule is Cc1cnccc1NS(=O)(=O)CC1CCCN1. The molecule has 1 aliphatic rings. The maximum atomic E-state index is 11.9. The highest BCUT2D eigenvalue weighted by Gasteiger charge is 2.22. The summed E-state index contributed by atoms with van der Waals surface area (Å²) in [5.41, 5.74) is 1.44. The first-order valence-electron chi connectivity index (χ1n) is 5.71. The molecule has 0 saturated carbocycles. The summed E-state index contributed by atoms with van der Waals surface area (Å²) in [6.07, 6.45) is 5.20. The van der Waals surface area contributed by atoms with Crippen LogP contribution < -0.4 is 10.0 Å². The zero-order valence-corrected chi connectivity index (χ0v) is 10.6. The molecule has 2 heterocycles. The highest BCUT2D eigenvalue weighted by molar-refractivity contribution is 7.92. The standard InChI is InChI=1S/C11H17N3O2S/c1-9-7-12-6-4-11(9)14-17(15,16)8-10-3-2-5-13-10/h4,6-7,10,13H,2-3,5,8H2,1H3,(H,12,14). The molecule has 1 aromatic heterocycles. The topological polar surface area (TPSA) is 71.1 Å². The average molecular weight is 255 g/mol. The van der Waals surface area contributed by atoms with E-state index >= 15 is 0 Å². The van der Waals surface area contributed by atoms with Crippen molar-refractivity contribution in [3.63, 3.8) is 0 Å². The Morgan fingerprint density at radius 2 is 2.41 bits per heavy atom. The van der Waals surface area contributed by atoms with Crippen LogP contribution in [0.5, 0.6) is 0 Å². The lowest BCUT2D eigenvalue weighted by Crippen LogP contribution is -2.32. The highest BCUT2D eigenvalue weighted by Crippen LogP contribution is 2.15. The van der Waals surface area contributed by atoms with Crippen molar-refractivity contribution >= 4 is 15.7 Å². The molecule has 0 aliphatic carbocycles. The Hall–Kier alpha value is -1.14. The lowest BCUT2D eigenvalue weighted by Gasteiger charge is -2.13. The number of rotatable bonds is 4. The summed E-state index contributed by atoms with van der Waals surface area (Å²) in [5, 5.41) is 3.18. The van der Waals surface area contributed by atoms with E-state index in [1.54, 1.807) is 18.5 Å². The van der Waals surface area contributed by atoms with Gasteiger partial charge in [-0.1, -0.05) is 0 Å². The number of sulfonamides is 1. The van der Waals surface area contributed by atoms with Gasteiger partial charge in [0, 0.05) is 18.4 Å². The minimum atomic E-state index is -3.28. The largest absolute Gasteiger partial charge is 0.313 e. The molecule has 1 saturated heterocycles. The van der Waals surface area contributed by atoms with Crippen LogP contribution in [0.15, 0.2) is 18.5 Å². The van der Waals surface area contributed by atoms with Crippen molar-refractivity contribution in [1.29, 1.82) is 0 Å². The van der Waals surface area contributed by atoms with E-state index in [9.17, 15) is 8.42 Å². The third-order valence-electron chi connectivity index (χ3n) is 2.87. The van der Waals surface area contributed by atoms with Gasteiger partial charge in [0.1, 0.15) is 0 Å². The van der Waals surface area contributed by atoms with Crippen LogP contribution in [0.25, 0.3) is 0 Å². The molecule has 2 rings (SSSR count). The number of aryl methyl sites for hydroxylation is 1. The molecule has 0 bridgehead atoms. The number of aromatic nitrogens is 1. The molecule has 6 heteroatoms. The van der Waals surface area contributed by atoms with Crippen LogP contribution in [0.1, 0.15) is 18.4 Å². The molecule has 0 aromatic carbocycles. The van der Waals surface area contributed by atoms with Gasteiger partial charge in [-0.05, 0) is 37.9 Å². The normalized spacial score (nSPS) is 20.4. The first kappa shape index (κ1) is 12.3. The summed E-state index contributed by atoms with van der Waals surface area (Å²) < 4.78 is 26.5. The van der Waals surface area contributed by atoms with Gasteiger partial charge in [-0.25, -0.2) is 8.42 Å². The molecule has 1 aromatic rings. The van der Waals surface area contributed by atoms with E-state index in [4.69, 9.17) is 0 Å². The van der Waals surface area contributed by atoms with Crippen molar-refractivity contribution in [2.75, 3.05) is 17.0 Å². The van der Waals surface area contributed by atoms with Crippen LogP contribution >= 0.6 is 0 Å². The second-order valence-corrected chi connectivity index (χ2v) is 6.13. The zero-order chi connectivity index (χ0) is 12.3. The van der Waals surface area contributed by atoms with Gasteiger partial charge in [0.2, 0.25) is 10.0 Å². The van der Waals surface area contributed by atoms with Crippen molar-refractivity contribution in [2.24, 2.45) is 0 Å². The van der Waals surface area contributed by atoms with Crippen LogP contribution in [-0.4, -0.2) is 31.7 Å². The van der Waals surface area contributed by atoms with Crippen molar-refractivity contribution in [3.8, 4) is 0 Å². The summed E-state index contributed by atoms with van der Waals surface area (Å²) in [4.78, 5) is 3.93. The highest BCUT2D eigenvalue weighted by atomic mass is 32.2. The predicted octanol–water partition coefficient (Wildman–Crippen LogP) is 0.884. The van der Waals surface area contributed by atoms with E-state index in [1.165, 1.54) is 0 Å². The number of anilines is 1. The Kier molecular flexibility index (Phi) is 3.63. The molecule has 17 heavy (non-hydrogen) atoms. The second kappa shape index (κ2) is 5.01. The first-order valence-corrected chi connectivity index (χ1v) is 7.36. The van der Waals surface area contributed by atoms with Gasteiger partial charge >= 0.3 is 0 Å². The Morgan fingerprint density at radius 1 is 1.59 bits per heavy atom. The molecule has 0 amide bonds. The monoisotopic (exact) mass is 255 g/mol. The predicted molar refractivity (Wildman–Crippen MR) is 67.4 cm³/mol. The van der Waals surface area contributed by atoms with Crippen LogP contribution in [0.4, 0.5) is 5.69 Å². The van der Waals surface area contributed by atoms with Gasteiger partial charge in [-0.3, -0.25) is 9.71 Å². The minimum absolute atomic E-state index is 0.0784. The molecule has 1 fully saturated rings. The van der Waals surface area contributed by atoms with Crippen molar-refractivity contribution in [1.82, 2.24) is 10.3 Å². The Morgan fingerprint density at radius 3 is 3.06 bits per heavy atom. The van der Waals surface area contributed by atoms with Crippen molar-refractivity contribution < 1.29 is 8.42 Å². The smallest absolute Gasteiger partial charge is 0.234 e. The minimum Gasteiger partial charge on any atom is -0.313 e. The lowest BCUT2D eigenvalue weighted by molar-refractivity contribution is 0.581. The molecule has 1 unspecified atom stereocenters. The molecule has 1 atom stereocenters. The maximum absolute atomic E-state index is 11.9. The first-order chi connectivity index (χ1) is 8.07. The van der Waals surface area contributed by atoms with Crippen molar-refractivity contribution in [2.45, 2.75) is 25.8 Å². The summed E-state index contributed by atoms with van der Waals surface area (Å²) >= 11 is 0. The van der Waals surface area contributed by atoms with E-state index in [1.807, 2.05) is 6.92 Å². The summed E-state index contributed by atoms with van der Waals surface area (Å²) in [6.45, 7) is 2.74. The van der Waals surface area contributed by atoms with Gasteiger partial charge < -0.3 is 5.32 Å². The molecule has 2 N–H and O–H groups in total. The van der Waals surface area contributed by atoms with Gasteiger partial charge in [0.15, 0.2) is 0 Å². The fraction of sp³-hybridized carbons (Fsp3) is 0.545. The number of nitrogens with zero attached hydrogens (tertiary/aromatic N) is 1. The summed E-state index contributed by atoms with van der Waals surface area (Å²) in [5.74, 6) is 0.134. The van der Waals surface area contributed by atoms with Crippen LogP contribution in [-0.2, 0) is 10.0 Å². The molecular weight excluding hydrogens is 238 g/mol. The van der Waals surface area contributed by atoms with Crippen LogP contribution in [0, 0.1) is 6.92 Å². The van der Waals surface area contributed by atoms with Gasteiger partial charge in [0.05, 0.1) is 11.4 Å². The quantitative estimate of drug-likeness (QED) is 0.838.